The van der Waals surface area contributed by atoms with Gasteiger partial charge in [0, 0.05) is 18.3 Å². The topological polar surface area (TPSA) is 29.9 Å². The lowest BCUT2D eigenvalue weighted by atomic mass is 9.72. The first-order valence-electron chi connectivity index (χ1n) is 8.63. The minimum atomic E-state index is 0.223. The van der Waals surface area contributed by atoms with Gasteiger partial charge in [0.2, 0.25) is 0 Å². The minimum absolute atomic E-state index is 0.223. The van der Waals surface area contributed by atoms with Gasteiger partial charge >= 0.3 is 0 Å². The third-order valence-corrected chi connectivity index (χ3v) is 4.81. The molecule has 1 aromatic rings. The van der Waals surface area contributed by atoms with E-state index >= 15 is 0 Å². The molecular weight excluding hydrogens is 258 g/mol. The van der Waals surface area contributed by atoms with Gasteiger partial charge in [-0.15, -0.1) is 0 Å². The Bertz CT molecular complexity index is 430. The van der Waals surface area contributed by atoms with E-state index in [9.17, 15) is 0 Å². The second-order valence-corrected chi connectivity index (χ2v) is 7.98. The van der Waals surface area contributed by atoms with Crippen molar-refractivity contribution in [2.75, 3.05) is 6.54 Å². The smallest absolute Gasteiger partial charge is 0.0521 e. The first kappa shape index (κ1) is 16.5. The molecule has 3 heteroatoms. The van der Waals surface area contributed by atoms with Crippen molar-refractivity contribution in [1.29, 1.82) is 0 Å². The van der Waals surface area contributed by atoms with Crippen LogP contribution in [0.2, 0.25) is 0 Å². The molecule has 1 aromatic heterocycles. The Hall–Kier alpha value is -0.830. The van der Waals surface area contributed by atoms with Gasteiger partial charge in [-0.2, -0.15) is 5.10 Å². The maximum absolute atomic E-state index is 4.43. The van der Waals surface area contributed by atoms with Crippen molar-refractivity contribution in [3.8, 4) is 0 Å². The van der Waals surface area contributed by atoms with E-state index in [0.29, 0.717) is 0 Å². The van der Waals surface area contributed by atoms with E-state index in [1.165, 1.54) is 31.2 Å². The second-order valence-electron chi connectivity index (χ2n) is 7.98. The van der Waals surface area contributed by atoms with E-state index in [4.69, 9.17) is 0 Å². The average Bonchev–Trinajstić information content (AvgIpc) is 2.84. The Morgan fingerprint density at radius 1 is 1.29 bits per heavy atom. The summed E-state index contributed by atoms with van der Waals surface area (Å²) in [5.74, 6) is 2.49. The predicted molar refractivity (Wildman–Crippen MR) is 89.4 cm³/mol. The van der Waals surface area contributed by atoms with Gasteiger partial charge in [-0.05, 0) is 76.8 Å². The van der Waals surface area contributed by atoms with Crippen molar-refractivity contribution in [2.24, 2.45) is 17.8 Å². The summed E-state index contributed by atoms with van der Waals surface area (Å²) in [5, 5.41) is 8.15. The third kappa shape index (κ3) is 5.14. The molecule has 1 aliphatic carbocycles. The van der Waals surface area contributed by atoms with Crippen LogP contribution in [0.1, 0.15) is 59.4 Å². The normalized spacial score (nSPS) is 27.0. The molecule has 1 fully saturated rings. The Morgan fingerprint density at radius 3 is 2.67 bits per heavy atom. The summed E-state index contributed by atoms with van der Waals surface area (Å²) in [7, 11) is 0. The standard InChI is InChI=1S/C18H33N3/c1-6-21-13-15(11-20-21)10-17-9-14(2)7-8-16(17)12-19-18(3,4)5/h11,13-14,16-17,19H,6-10,12H2,1-5H3. The fourth-order valence-electron chi connectivity index (χ4n) is 3.50. The molecule has 1 saturated carbocycles. The van der Waals surface area contributed by atoms with Crippen LogP contribution in [0.4, 0.5) is 0 Å². The molecule has 1 aliphatic rings. The number of hydrogen-bond acceptors (Lipinski definition) is 2. The van der Waals surface area contributed by atoms with E-state index < -0.39 is 0 Å². The second kappa shape index (κ2) is 6.95. The first-order valence-corrected chi connectivity index (χ1v) is 8.63. The Labute approximate surface area is 130 Å². The van der Waals surface area contributed by atoms with Crippen molar-refractivity contribution in [3.63, 3.8) is 0 Å². The summed E-state index contributed by atoms with van der Waals surface area (Å²) in [4.78, 5) is 0. The number of aryl methyl sites for hydroxylation is 1. The number of rotatable bonds is 5. The molecule has 2 rings (SSSR count). The quantitative estimate of drug-likeness (QED) is 0.892. The fraction of sp³-hybridized carbons (Fsp3) is 0.833. The summed E-state index contributed by atoms with van der Waals surface area (Å²) >= 11 is 0. The van der Waals surface area contributed by atoms with Crippen LogP contribution in [-0.2, 0) is 13.0 Å². The molecule has 120 valence electrons. The van der Waals surface area contributed by atoms with Gasteiger partial charge in [0.1, 0.15) is 0 Å². The lowest BCUT2D eigenvalue weighted by Crippen LogP contribution is -2.42. The molecule has 1 heterocycles. The molecule has 3 unspecified atom stereocenters. The van der Waals surface area contributed by atoms with Crippen molar-refractivity contribution >= 4 is 0 Å². The Balaban J connectivity index is 1.97. The summed E-state index contributed by atoms with van der Waals surface area (Å²) < 4.78 is 2.05. The maximum Gasteiger partial charge on any atom is 0.0521 e. The van der Waals surface area contributed by atoms with Gasteiger partial charge in [0.05, 0.1) is 6.20 Å². The summed E-state index contributed by atoms with van der Waals surface area (Å²) in [6.07, 6.45) is 9.62. The van der Waals surface area contributed by atoms with Gasteiger partial charge in [0.25, 0.3) is 0 Å². The highest BCUT2D eigenvalue weighted by molar-refractivity contribution is 5.06. The molecule has 0 bridgehead atoms. The van der Waals surface area contributed by atoms with Crippen molar-refractivity contribution in [3.05, 3.63) is 18.0 Å². The molecular formula is C18H33N3. The zero-order chi connectivity index (χ0) is 15.5. The molecule has 0 radical (unpaired) electrons. The SMILES string of the molecule is CCn1cc(CC2CC(C)CCC2CNC(C)(C)C)cn1. The number of nitrogens with one attached hydrogen (secondary N) is 1. The predicted octanol–water partition coefficient (Wildman–Crippen LogP) is 3.89. The van der Waals surface area contributed by atoms with E-state index in [2.05, 4.69) is 57.4 Å². The van der Waals surface area contributed by atoms with Crippen LogP contribution < -0.4 is 5.32 Å². The zero-order valence-corrected chi connectivity index (χ0v) is 14.5. The van der Waals surface area contributed by atoms with Crippen LogP contribution in [0, 0.1) is 17.8 Å². The van der Waals surface area contributed by atoms with Crippen molar-refractivity contribution in [2.45, 2.75) is 72.4 Å². The van der Waals surface area contributed by atoms with Crippen LogP contribution in [-0.4, -0.2) is 21.9 Å². The number of aromatic nitrogens is 2. The van der Waals surface area contributed by atoms with Gasteiger partial charge < -0.3 is 5.32 Å². The third-order valence-electron chi connectivity index (χ3n) is 4.81. The van der Waals surface area contributed by atoms with Gasteiger partial charge in [-0.1, -0.05) is 13.3 Å². The minimum Gasteiger partial charge on any atom is -0.312 e. The fourth-order valence-corrected chi connectivity index (χ4v) is 3.50. The maximum atomic E-state index is 4.43. The van der Waals surface area contributed by atoms with Crippen LogP contribution in [0.25, 0.3) is 0 Å². The zero-order valence-electron chi connectivity index (χ0n) is 14.5. The Kier molecular flexibility index (Phi) is 5.48. The highest BCUT2D eigenvalue weighted by atomic mass is 15.3. The average molecular weight is 291 g/mol. The molecule has 0 aliphatic heterocycles. The van der Waals surface area contributed by atoms with Crippen LogP contribution >= 0.6 is 0 Å². The summed E-state index contributed by atoms with van der Waals surface area (Å²) in [5.41, 5.74) is 1.64. The molecule has 0 spiro atoms. The molecule has 1 N–H and O–H groups in total. The number of hydrogen-bond donors (Lipinski definition) is 1. The molecule has 3 atom stereocenters. The molecule has 21 heavy (non-hydrogen) atoms. The molecule has 0 amide bonds. The van der Waals surface area contributed by atoms with Gasteiger partial charge in [-0.3, -0.25) is 4.68 Å². The first-order chi connectivity index (χ1) is 9.87. The van der Waals surface area contributed by atoms with E-state index in [-0.39, 0.29) is 5.54 Å². The summed E-state index contributed by atoms with van der Waals surface area (Å²) in [6, 6.07) is 0. The highest BCUT2D eigenvalue weighted by Crippen LogP contribution is 2.35. The van der Waals surface area contributed by atoms with Gasteiger partial charge in [0.15, 0.2) is 0 Å². The monoisotopic (exact) mass is 291 g/mol. The highest BCUT2D eigenvalue weighted by Gasteiger charge is 2.29. The molecule has 0 aromatic carbocycles. The largest absolute Gasteiger partial charge is 0.312 e. The lowest BCUT2D eigenvalue weighted by Gasteiger charge is -2.36. The Morgan fingerprint density at radius 2 is 2.05 bits per heavy atom. The molecule has 0 saturated heterocycles. The van der Waals surface area contributed by atoms with E-state index in [0.717, 1.165) is 30.8 Å². The van der Waals surface area contributed by atoms with Crippen LogP contribution in [0.5, 0.6) is 0 Å². The summed E-state index contributed by atoms with van der Waals surface area (Å²) in [6.45, 7) is 13.5. The van der Waals surface area contributed by atoms with Gasteiger partial charge in [-0.25, -0.2) is 0 Å². The molecule has 3 nitrogen and oxygen atoms in total. The van der Waals surface area contributed by atoms with Crippen molar-refractivity contribution in [1.82, 2.24) is 15.1 Å². The van der Waals surface area contributed by atoms with E-state index in [1.807, 2.05) is 4.68 Å². The van der Waals surface area contributed by atoms with Crippen LogP contribution in [0.15, 0.2) is 12.4 Å². The lowest BCUT2D eigenvalue weighted by molar-refractivity contribution is 0.174. The van der Waals surface area contributed by atoms with Crippen LogP contribution in [0.3, 0.4) is 0 Å². The van der Waals surface area contributed by atoms with Crippen molar-refractivity contribution < 1.29 is 0 Å². The number of nitrogens with zero attached hydrogens (tertiary/aromatic N) is 2. The van der Waals surface area contributed by atoms with E-state index in [1.54, 1.807) is 0 Å².